The van der Waals surface area contributed by atoms with E-state index in [1.165, 1.54) is 0 Å². The standard InChI is InChI=1S/C15H21ClN2O3/c1-10(2)21-14-4-3-11(7-13(14)16)18-15(19)8-12-9-17-5-6-20-12/h3-4,7,10,12,17H,5-6,8-9H2,1-2H3,(H,18,19). The number of carbonyl (C=O) groups excluding carboxylic acids is 1. The first-order valence-electron chi connectivity index (χ1n) is 7.13. The second-order valence-corrected chi connectivity index (χ2v) is 5.67. The molecule has 6 heteroatoms. The van der Waals surface area contributed by atoms with Gasteiger partial charge in [-0.05, 0) is 32.0 Å². The molecule has 5 nitrogen and oxygen atoms in total. The van der Waals surface area contributed by atoms with Gasteiger partial charge in [0.2, 0.25) is 5.91 Å². The molecule has 1 aromatic rings. The summed E-state index contributed by atoms with van der Waals surface area (Å²) in [6, 6.07) is 5.23. The summed E-state index contributed by atoms with van der Waals surface area (Å²) in [5.74, 6) is 0.529. The molecule has 2 rings (SSSR count). The van der Waals surface area contributed by atoms with Crippen molar-refractivity contribution < 1.29 is 14.3 Å². The highest BCUT2D eigenvalue weighted by Crippen LogP contribution is 2.28. The van der Waals surface area contributed by atoms with Crippen LogP contribution in [0.25, 0.3) is 0 Å². The van der Waals surface area contributed by atoms with Crippen LogP contribution in [0.1, 0.15) is 20.3 Å². The molecule has 1 aliphatic heterocycles. The maximum atomic E-state index is 12.0. The lowest BCUT2D eigenvalue weighted by atomic mass is 10.2. The van der Waals surface area contributed by atoms with Crippen molar-refractivity contribution in [3.8, 4) is 5.75 Å². The van der Waals surface area contributed by atoms with Gasteiger partial charge in [-0.2, -0.15) is 0 Å². The normalized spacial score (nSPS) is 18.6. The number of amides is 1. The van der Waals surface area contributed by atoms with Crippen molar-refractivity contribution in [1.82, 2.24) is 5.32 Å². The van der Waals surface area contributed by atoms with Gasteiger partial charge in [-0.25, -0.2) is 0 Å². The summed E-state index contributed by atoms with van der Waals surface area (Å²) in [5.41, 5.74) is 0.657. The Morgan fingerprint density at radius 2 is 2.38 bits per heavy atom. The van der Waals surface area contributed by atoms with Crippen LogP contribution in [0.3, 0.4) is 0 Å². The van der Waals surface area contributed by atoms with Crippen LogP contribution >= 0.6 is 11.6 Å². The lowest BCUT2D eigenvalue weighted by Gasteiger charge is -2.23. The Kier molecular flexibility index (Phi) is 5.85. The zero-order chi connectivity index (χ0) is 15.2. The molecule has 21 heavy (non-hydrogen) atoms. The van der Waals surface area contributed by atoms with E-state index < -0.39 is 0 Å². The summed E-state index contributed by atoms with van der Waals surface area (Å²) >= 11 is 6.14. The molecular formula is C15H21ClN2O3. The summed E-state index contributed by atoms with van der Waals surface area (Å²) < 4.78 is 11.1. The van der Waals surface area contributed by atoms with Crippen LogP contribution in [0.15, 0.2) is 18.2 Å². The van der Waals surface area contributed by atoms with Crippen molar-refractivity contribution in [2.24, 2.45) is 0 Å². The zero-order valence-electron chi connectivity index (χ0n) is 12.3. The molecule has 1 unspecified atom stereocenters. The molecule has 1 amide bonds. The summed E-state index contributed by atoms with van der Waals surface area (Å²) in [7, 11) is 0. The number of carbonyl (C=O) groups is 1. The number of benzene rings is 1. The van der Waals surface area contributed by atoms with E-state index in [1.807, 2.05) is 13.8 Å². The first-order valence-corrected chi connectivity index (χ1v) is 7.51. The van der Waals surface area contributed by atoms with Gasteiger partial charge < -0.3 is 20.1 Å². The molecule has 0 saturated carbocycles. The maximum absolute atomic E-state index is 12.0. The first-order chi connectivity index (χ1) is 10.0. The van der Waals surface area contributed by atoms with Gasteiger partial charge in [0.05, 0.1) is 30.3 Å². The van der Waals surface area contributed by atoms with Gasteiger partial charge in [0.15, 0.2) is 0 Å². The lowest BCUT2D eigenvalue weighted by molar-refractivity contribution is -0.119. The average Bonchev–Trinajstić information content (AvgIpc) is 2.42. The van der Waals surface area contributed by atoms with Crippen LogP contribution < -0.4 is 15.4 Å². The Balaban J connectivity index is 1.89. The third kappa shape index (κ3) is 5.19. The van der Waals surface area contributed by atoms with E-state index >= 15 is 0 Å². The fraction of sp³-hybridized carbons (Fsp3) is 0.533. The smallest absolute Gasteiger partial charge is 0.227 e. The van der Waals surface area contributed by atoms with E-state index in [0.29, 0.717) is 36.0 Å². The molecule has 1 heterocycles. The van der Waals surface area contributed by atoms with Gasteiger partial charge in [0.1, 0.15) is 5.75 Å². The van der Waals surface area contributed by atoms with E-state index in [9.17, 15) is 4.79 Å². The minimum Gasteiger partial charge on any atom is -0.489 e. The van der Waals surface area contributed by atoms with E-state index in [0.717, 1.165) is 6.54 Å². The molecule has 0 radical (unpaired) electrons. The zero-order valence-corrected chi connectivity index (χ0v) is 13.1. The number of hydrogen-bond acceptors (Lipinski definition) is 4. The van der Waals surface area contributed by atoms with Crippen molar-refractivity contribution in [2.75, 3.05) is 25.0 Å². The average molecular weight is 313 g/mol. The summed E-state index contributed by atoms with van der Waals surface area (Å²) in [6.45, 7) is 6.06. The van der Waals surface area contributed by atoms with Crippen LogP contribution in [0.2, 0.25) is 5.02 Å². The molecule has 0 aromatic heterocycles. The molecular weight excluding hydrogens is 292 g/mol. The van der Waals surface area contributed by atoms with Gasteiger partial charge in [-0.15, -0.1) is 0 Å². The third-order valence-corrected chi connectivity index (χ3v) is 3.29. The van der Waals surface area contributed by atoms with E-state index in [-0.39, 0.29) is 18.1 Å². The van der Waals surface area contributed by atoms with Crippen LogP contribution in [0, 0.1) is 0 Å². The Hall–Kier alpha value is -1.30. The minimum atomic E-state index is -0.0858. The quantitative estimate of drug-likeness (QED) is 0.877. The second kappa shape index (κ2) is 7.64. The highest BCUT2D eigenvalue weighted by Gasteiger charge is 2.17. The van der Waals surface area contributed by atoms with Crippen molar-refractivity contribution in [1.29, 1.82) is 0 Å². The first kappa shape index (κ1) is 16.1. The molecule has 0 bridgehead atoms. The summed E-state index contributed by atoms with van der Waals surface area (Å²) in [5, 5.41) is 6.50. The van der Waals surface area contributed by atoms with Crippen LogP contribution in [-0.4, -0.2) is 37.8 Å². The summed E-state index contributed by atoms with van der Waals surface area (Å²) in [6.07, 6.45) is 0.311. The Morgan fingerprint density at radius 3 is 3.00 bits per heavy atom. The predicted octanol–water partition coefficient (Wildman–Crippen LogP) is 2.44. The summed E-state index contributed by atoms with van der Waals surface area (Å²) in [4.78, 5) is 12.0. The predicted molar refractivity (Wildman–Crippen MR) is 83.1 cm³/mol. The Morgan fingerprint density at radius 1 is 1.57 bits per heavy atom. The van der Waals surface area contributed by atoms with E-state index in [1.54, 1.807) is 18.2 Å². The molecule has 1 aliphatic rings. The van der Waals surface area contributed by atoms with Gasteiger partial charge in [0, 0.05) is 18.8 Å². The minimum absolute atomic E-state index is 0.0545. The Labute approximate surface area is 130 Å². The number of ether oxygens (including phenoxy) is 2. The Bertz CT molecular complexity index is 488. The highest BCUT2D eigenvalue weighted by molar-refractivity contribution is 6.32. The number of rotatable bonds is 5. The number of nitrogens with one attached hydrogen (secondary N) is 2. The number of morpholine rings is 1. The van der Waals surface area contributed by atoms with Gasteiger partial charge in [-0.1, -0.05) is 11.6 Å². The van der Waals surface area contributed by atoms with Crippen LogP contribution in [-0.2, 0) is 9.53 Å². The number of anilines is 1. The molecule has 1 saturated heterocycles. The maximum Gasteiger partial charge on any atom is 0.227 e. The molecule has 1 aromatic carbocycles. The number of hydrogen-bond donors (Lipinski definition) is 2. The van der Waals surface area contributed by atoms with Crippen LogP contribution in [0.5, 0.6) is 5.75 Å². The lowest BCUT2D eigenvalue weighted by Crippen LogP contribution is -2.40. The van der Waals surface area contributed by atoms with E-state index in [4.69, 9.17) is 21.1 Å². The van der Waals surface area contributed by atoms with Gasteiger partial charge in [0.25, 0.3) is 0 Å². The van der Waals surface area contributed by atoms with Gasteiger partial charge in [-0.3, -0.25) is 4.79 Å². The fourth-order valence-corrected chi connectivity index (χ4v) is 2.32. The van der Waals surface area contributed by atoms with Crippen molar-refractivity contribution in [2.45, 2.75) is 32.5 Å². The third-order valence-electron chi connectivity index (χ3n) is 3.00. The molecule has 0 spiro atoms. The monoisotopic (exact) mass is 312 g/mol. The van der Waals surface area contributed by atoms with Crippen molar-refractivity contribution in [3.05, 3.63) is 23.2 Å². The second-order valence-electron chi connectivity index (χ2n) is 5.26. The largest absolute Gasteiger partial charge is 0.489 e. The van der Waals surface area contributed by atoms with Gasteiger partial charge >= 0.3 is 0 Å². The van der Waals surface area contributed by atoms with Crippen molar-refractivity contribution in [3.63, 3.8) is 0 Å². The SMILES string of the molecule is CC(C)Oc1ccc(NC(=O)CC2CNCCO2)cc1Cl. The highest BCUT2D eigenvalue weighted by atomic mass is 35.5. The van der Waals surface area contributed by atoms with E-state index in [2.05, 4.69) is 10.6 Å². The number of halogens is 1. The molecule has 1 atom stereocenters. The molecule has 116 valence electrons. The fourth-order valence-electron chi connectivity index (χ4n) is 2.10. The van der Waals surface area contributed by atoms with Crippen LogP contribution in [0.4, 0.5) is 5.69 Å². The molecule has 0 aliphatic carbocycles. The van der Waals surface area contributed by atoms with Crippen molar-refractivity contribution >= 4 is 23.2 Å². The molecule has 1 fully saturated rings. The molecule has 2 N–H and O–H groups in total. The topological polar surface area (TPSA) is 59.6 Å².